The molecule has 7 nitrogen and oxygen atoms in total. The maximum atomic E-state index is 12.9. The largest absolute Gasteiger partial charge is 0.466 e. The van der Waals surface area contributed by atoms with Crippen LogP contribution in [-0.2, 0) is 20.8 Å². The van der Waals surface area contributed by atoms with Crippen LogP contribution in [0, 0.1) is 0 Å². The molecule has 1 aliphatic heterocycles. The van der Waals surface area contributed by atoms with E-state index in [4.69, 9.17) is 9.47 Å². The normalized spacial score (nSPS) is 14.3. The van der Waals surface area contributed by atoms with Crippen molar-refractivity contribution in [1.82, 2.24) is 9.78 Å². The summed E-state index contributed by atoms with van der Waals surface area (Å²) in [6.45, 7) is 4.97. The standard InChI is InChI=1S/C19H23N3O4/c1-2-26-18(23)8-9-22-19(24)16(15-6-4-3-5-7-15)14-17(20-22)21-10-12-25-13-11-21/h3-7,14H,2,8-13H2,1H3. The first-order chi connectivity index (χ1) is 12.7. The van der Waals surface area contributed by atoms with Crippen LogP contribution in [0.15, 0.2) is 41.2 Å². The van der Waals surface area contributed by atoms with Crippen molar-refractivity contribution in [3.05, 3.63) is 46.8 Å². The fraction of sp³-hybridized carbons (Fsp3) is 0.421. The Hall–Kier alpha value is -2.67. The Bertz CT molecular complexity index is 798. The highest BCUT2D eigenvalue weighted by Gasteiger charge is 2.18. The Kier molecular flexibility index (Phi) is 6.01. The molecule has 0 bridgehead atoms. The van der Waals surface area contributed by atoms with Gasteiger partial charge in [0.15, 0.2) is 0 Å². The first kappa shape index (κ1) is 18.1. The van der Waals surface area contributed by atoms with Crippen LogP contribution in [0.25, 0.3) is 11.1 Å². The molecule has 7 heteroatoms. The minimum Gasteiger partial charge on any atom is -0.466 e. The molecule has 0 amide bonds. The maximum Gasteiger partial charge on any atom is 0.307 e. The Balaban J connectivity index is 1.96. The van der Waals surface area contributed by atoms with Crippen LogP contribution in [-0.4, -0.2) is 48.7 Å². The van der Waals surface area contributed by atoms with Gasteiger partial charge in [0, 0.05) is 13.1 Å². The van der Waals surface area contributed by atoms with Gasteiger partial charge in [0.05, 0.1) is 38.3 Å². The van der Waals surface area contributed by atoms with E-state index in [1.54, 1.807) is 6.92 Å². The number of anilines is 1. The number of benzene rings is 1. The fourth-order valence-corrected chi connectivity index (χ4v) is 2.88. The molecule has 1 fully saturated rings. The van der Waals surface area contributed by atoms with Gasteiger partial charge in [-0.05, 0) is 18.6 Å². The van der Waals surface area contributed by atoms with Crippen molar-refractivity contribution in [3.63, 3.8) is 0 Å². The second-order valence-electron chi connectivity index (χ2n) is 5.96. The smallest absolute Gasteiger partial charge is 0.307 e. The molecule has 1 aromatic heterocycles. The highest BCUT2D eigenvalue weighted by molar-refractivity contribution is 5.69. The fourth-order valence-electron chi connectivity index (χ4n) is 2.88. The molecule has 1 aliphatic rings. The molecule has 2 aromatic rings. The third kappa shape index (κ3) is 4.29. The lowest BCUT2D eigenvalue weighted by Gasteiger charge is -2.28. The summed E-state index contributed by atoms with van der Waals surface area (Å²) in [6, 6.07) is 11.3. The predicted octanol–water partition coefficient (Wildman–Crippen LogP) is 1.70. The Morgan fingerprint density at radius 2 is 1.96 bits per heavy atom. The summed E-state index contributed by atoms with van der Waals surface area (Å²) in [5.41, 5.74) is 1.20. The highest BCUT2D eigenvalue weighted by atomic mass is 16.5. The van der Waals surface area contributed by atoms with Crippen molar-refractivity contribution in [1.29, 1.82) is 0 Å². The number of morpholine rings is 1. The van der Waals surface area contributed by atoms with Crippen LogP contribution in [0.3, 0.4) is 0 Å². The molecule has 0 saturated carbocycles. The van der Waals surface area contributed by atoms with Gasteiger partial charge in [0.25, 0.3) is 5.56 Å². The van der Waals surface area contributed by atoms with E-state index in [-0.39, 0.29) is 24.5 Å². The first-order valence-electron chi connectivity index (χ1n) is 8.85. The summed E-state index contributed by atoms with van der Waals surface area (Å²) in [5, 5.41) is 4.48. The third-order valence-corrected chi connectivity index (χ3v) is 4.21. The molecular weight excluding hydrogens is 334 g/mol. The molecule has 0 atom stereocenters. The van der Waals surface area contributed by atoms with Gasteiger partial charge in [-0.25, -0.2) is 4.68 Å². The van der Waals surface area contributed by atoms with Crippen molar-refractivity contribution < 1.29 is 14.3 Å². The van der Waals surface area contributed by atoms with Crippen LogP contribution in [0.1, 0.15) is 13.3 Å². The average Bonchev–Trinajstić information content (AvgIpc) is 2.69. The summed E-state index contributed by atoms with van der Waals surface area (Å²) in [6.07, 6.45) is 0.113. The zero-order chi connectivity index (χ0) is 18.4. The van der Waals surface area contributed by atoms with E-state index in [0.29, 0.717) is 25.4 Å². The molecule has 26 heavy (non-hydrogen) atoms. The number of aryl methyl sites for hydroxylation is 1. The average molecular weight is 357 g/mol. The number of rotatable bonds is 6. The lowest BCUT2D eigenvalue weighted by Crippen LogP contribution is -2.38. The van der Waals surface area contributed by atoms with Gasteiger partial charge in [0.1, 0.15) is 5.82 Å². The minimum atomic E-state index is -0.334. The summed E-state index contributed by atoms with van der Waals surface area (Å²) in [5.74, 6) is 0.384. The Morgan fingerprint density at radius 1 is 1.23 bits per heavy atom. The third-order valence-electron chi connectivity index (χ3n) is 4.21. The zero-order valence-corrected chi connectivity index (χ0v) is 14.9. The van der Waals surface area contributed by atoms with Crippen LogP contribution < -0.4 is 10.5 Å². The summed E-state index contributed by atoms with van der Waals surface area (Å²) >= 11 is 0. The Labute approximate surface area is 152 Å². The Morgan fingerprint density at radius 3 is 2.65 bits per heavy atom. The van der Waals surface area contributed by atoms with Gasteiger partial charge in [-0.15, -0.1) is 0 Å². The van der Waals surface area contributed by atoms with Crippen LogP contribution in [0.5, 0.6) is 0 Å². The maximum absolute atomic E-state index is 12.9. The number of ether oxygens (including phenoxy) is 2. The van der Waals surface area contributed by atoms with Crippen molar-refractivity contribution in [2.45, 2.75) is 19.9 Å². The van der Waals surface area contributed by atoms with E-state index in [2.05, 4.69) is 10.00 Å². The van der Waals surface area contributed by atoms with Gasteiger partial charge in [-0.3, -0.25) is 9.59 Å². The number of nitrogens with zero attached hydrogens (tertiary/aromatic N) is 3. The van der Waals surface area contributed by atoms with E-state index >= 15 is 0 Å². The van der Waals surface area contributed by atoms with Crippen molar-refractivity contribution in [3.8, 4) is 11.1 Å². The molecule has 2 heterocycles. The van der Waals surface area contributed by atoms with Crippen molar-refractivity contribution in [2.24, 2.45) is 0 Å². The second kappa shape index (κ2) is 8.62. The summed E-state index contributed by atoms with van der Waals surface area (Å²) in [4.78, 5) is 26.7. The molecule has 0 radical (unpaired) electrons. The second-order valence-corrected chi connectivity index (χ2v) is 5.96. The number of carbonyl (C=O) groups excluding carboxylic acids is 1. The van der Waals surface area contributed by atoms with Crippen LogP contribution in [0.2, 0.25) is 0 Å². The molecule has 0 spiro atoms. The molecule has 1 aromatic carbocycles. The van der Waals surface area contributed by atoms with E-state index in [1.807, 2.05) is 36.4 Å². The van der Waals surface area contributed by atoms with Gasteiger partial charge < -0.3 is 14.4 Å². The number of aromatic nitrogens is 2. The molecule has 3 rings (SSSR count). The van der Waals surface area contributed by atoms with Gasteiger partial charge in [-0.1, -0.05) is 30.3 Å². The number of carbonyl (C=O) groups is 1. The first-order valence-corrected chi connectivity index (χ1v) is 8.85. The topological polar surface area (TPSA) is 73.7 Å². The number of hydrogen-bond acceptors (Lipinski definition) is 6. The van der Waals surface area contributed by atoms with Gasteiger partial charge in [-0.2, -0.15) is 5.10 Å². The van der Waals surface area contributed by atoms with Gasteiger partial charge >= 0.3 is 5.97 Å². The molecule has 138 valence electrons. The van der Waals surface area contributed by atoms with Crippen LogP contribution >= 0.6 is 0 Å². The molecular formula is C19H23N3O4. The lowest BCUT2D eigenvalue weighted by molar-refractivity contribution is -0.143. The molecule has 0 N–H and O–H groups in total. The SMILES string of the molecule is CCOC(=O)CCn1nc(N2CCOCC2)cc(-c2ccccc2)c1=O. The molecule has 0 aliphatic carbocycles. The van der Waals surface area contributed by atoms with E-state index in [9.17, 15) is 9.59 Å². The summed E-state index contributed by atoms with van der Waals surface area (Å²) in [7, 11) is 0. The summed E-state index contributed by atoms with van der Waals surface area (Å²) < 4.78 is 11.7. The van der Waals surface area contributed by atoms with E-state index in [0.717, 1.165) is 24.5 Å². The number of hydrogen-bond donors (Lipinski definition) is 0. The minimum absolute atomic E-state index is 0.113. The van der Waals surface area contributed by atoms with E-state index < -0.39 is 0 Å². The van der Waals surface area contributed by atoms with E-state index in [1.165, 1.54) is 4.68 Å². The molecule has 1 saturated heterocycles. The van der Waals surface area contributed by atoms with Crippen LogP contribution in [0.4, 0.5) is 5.82 Å². The molecule has 0 unspecified atom stereocenters. The predicted molar refractivity (Wildman–Crippen MR) is 98.2 cm³/mol. The monoisotopic (exact) mass is 357 g/mol. The number of esters is 1. The van der Waals surface area contributed by atoms with Gasteiger partial charge in [0.2, 0.25) is 0 Å². The highest BCUT2D eigenvalue weighted by Crippen LogP contribution is 2.20. The quantitative estimate of drug-likeness (QED) is 0.733. The zero-order valence-electron chi connectivity index (χ0n) is 14.9. The van der Waals surface area contributed by atoms with Crippen molar-refractivity contribution >= 4 is 11.8 Å². The van der Waals surface area contributed by atoms with Crippen molar-refractivity contribution in [2.75, 3.05) is 37.8 Å². The lowest BCUT2D eigenvalue weighted by atomic mass is 10.1.